The summed E-state index contributed by atoms with van der Waals surface area (Å²) in [7, 11) is 1.77. The van der Waals surface area contributed by atoms with Crippen LogP contribution >= 0.6 is 0 Å². The van der Waals surface area contributed by atoms with Crippen LogP contribution < -0.4 is 5.32 Å². The zero-order chi connectivity index (χ0) is 10.4. The molecule has 0 saturated heterocycles. The molecule has 1 aliphatic rings. The molecule has 0 aromatic rings. The second kappa shape index (κ2) is 5.72. The van der Waals surface area contributed by atoms with Gasteiger partial charge in [0.25, 0.3) is 0 Å². The van der Waals surface area contributed by atoms with Crippen LogP contribution in [0.4, 0.5) is 0 Å². The lowest BCUT2D eigenvalue weighted by Gasteiger charge is -2.35. The van der Waals surface area contributed by atoms with Crippen LogP contribution in [-0.2, 0) is 4.74 Å². The number of hydrogen-bond donors (Lipinski definition) is 1. The number of rotatable bonds is 5. The van der Waals surface area contributed by atoms with Gasteiger partial charge in [0.2, 0.25) is 0 Å². The van der Waals surface area contributed by atoms with E-state index in [1.54, 1.807) is 7.11 Å². The van der Waals surface area contributed by atoms with Gasteiger partial charge in [-0.3, -0.25) is 0 Å². The number of nitrogens with one attached hydrogen (secondary N) is 1. The average molecular weight is 199 g/mol. The van der Waals surface area contributed by atoms with E-state index in [-0.39, 0.29) is 0 Å². The molecule has 2 nitrogen and oxygen atoms in total. The zero-order valence-corrected chi connectivity index (χ0v) is 9.94. The molecular formula is C12H25NO. The summed E-state index contributed by atoms with van der Waals surface area (Å²) in [6.45, 7) is 6.75. The van der Waals surface area contributed by atoms with Crippen molar-refractivity contribution in [3.05, 3.63) is 0 Å². The monoisotopic (exact) mass is 199 g/mol. The van der Waals surface area contributed by atoms with Crippen LogP contribution in [0.2, 0.25) is 0 Å². The molecule has 1 fully saturated rings. The molecule has 1 rings (SSSR count). The van der Waals surface area contributed by atoms with Gasteiger partial charge < -0.3 is 10.1 Å². The molecule has 1 atom stereocenters. The minimum atomic E-state index is 0.553. The summed E-state index contributed by atoms with van der Waals surface area (Å²) in [5, 5.41) is 3.63. The van der Waals surface area contributed by atoms with Gasteiger partial charge in [0, 0.05) is 19.8 Å². The highest BCUT2D eigenvalue weighted by Gasteiger charge is 2.27. The molecule has 14 heavy (non-hydrogen) atoms. The van der Waals surface area contributed by atoms with Crippen LogP contribution in [0.5, 0.6) is 0 Å². The fourth-order valence-electron chi connectivity index (χ4n) is 2.40. The molecule has 0 aromatic heterocycles. The standard InChI is InChI=1S/C12H25NO/c1-12(2)7-4-6-11(10-12)13-8-5-9-14-3/h11,13H,4-10H2,1-3H3. The Balaban J connectivity index is 2.12. The average Bonchev–Trinajstić information content (AvgIpc) is 2.11. The molecule has 0 heterocycles. The van der Waals surface area contributed by atoms with E-state index in [0.29, 0.717) is 5.41 Å². The first-order chi connectivity index (χ1) is 6.64. The Morgan fingerprint density at radius 2 is 2.21 bits per heavy atom. The fourth-order valence-corrected chi connectivity index (χ4v) is 2.40. The maximum Gasteiger partial charge on any atom is 0.0474 e. The lowest BCUT2D eigenvalue weighted by atomic mass is 9.75. The largest absolute Gasteiger partial charge is 0.385 e. The Morgan fingerprint density at radius 1 is 1.43 bits per heavy atom. The maximum atomic E-state index is 5.03. The first-order valence-electron chi connectivity index (χ1n) is 5.86. The van der Waals surface area contributed by atoms with Crippen molar-refractivity contribution >= 4 is 0 Å². The van der Waals surface area contributed by atoms with E-state index in [0.717, 1.165) is 25.6 Å². The van der Waals surface area contributed by atoms with Crippen molar-refractivity contribution in [2.75, 3.05) is 20.3 Å². The molecule has 0 aliphatic heterocycles. The quantitative estimate of drug-likeness (QED) is 0.687. The Bertz CT molecular complexity index is 156. The Morgan fingerprint density at radius 3 is 2.86 bits per heavy atom. The molecule has 0 aromatic carbocycles. The second-order valence-electron chi connectivity index (χ2n) is 5.26. The van der Waals surface area contributed by atoms with Crippen molar-refractivity contribution in [3.63, 3.8) is 0 Å². The van der Waals surface area contributed by atoms with Crippen molar-refractivity contribution in [1.82, 2.24) is 5.32 Å². The third-order valence-corrected chi connectivity index (χ3v) is 3.16. The molecule has 0 amide bonds. The van der Waals surface area contributed by atoms with Gasteiger partial charge in [0.1, 0.15) is 0 Å². The van der Waals surface area contributed by atoms with Gasteiger partial charge in [-0.25, -0.2) is 0 Å². The molecule has 84 valence electrons. The van der Waals surface area contributed by atoms with Crippen LogP contribution in [0.3, 0.4) is 0 Å². The molecule has 0 radical (unpaired) electrons. The Kier molecular flexibility index (Phi) is 4.90. The normalized spacial score (nSPS) is 26.4. The lowest BCUT2D eigenvalue weighted by molar-refractivity contribution is 0.178. The van der Waals surface area contributed by atoms with E-state index >= 15 is 0 Å². The van der Waals surface area contributed by atoms with Gasteiger partial charge >= 0.3 is 0 Å². The summed E-state index contributed by atoms with van der Waals surface area (Å²) >= 11 is 0. The Hall–Kier alpha value is -0.0800. The van der Waals surface area contributed by atoms with Gasteiger partial charge in [-0.15, -0.1) is 0 Å². The lowest BCUT2D eigenvalue weighted by Crippen LogP contribution is -2.37. The van der Waals surface area contributed by atoms with Gasteiger partial charge in [-0.2, -0.15) is 0 Å². The van der Waals surface area contributed by atoms with E-state index < -0.39 is 0 Å². The van der Waals surface area contributed by atoms with Crippen LogP contribution in [0.25, 0.3) is 0 Å². The van der Waals surface area contributed by atoms with Gasteiger partial charge in [0.15, 0.2) is 0 Å². The van der Waals surface area contributed by atoms with Crippen molar-refractivity contribution in [1.29, 1.82) is 0 Å². The number of ether oxygens (including phenoxy) is 1. The predicted molar refractivity (Wildman–Crippen MR) is 60.5 cm³/mol. The van der Waals surface area contributed by atoms with Gasteiger partial charge in [-0.1, -0.05) is 20.3 Å². The molecule has 1 aliphatic carbocycles. The summed E-state index contributed by atoms with van der Waals surface area (Å²) in [5.74, 6) is 0. The van der Waals surface area contributed by atoms with Crippen molar-refractivity contribution in [3.8, 4) is 0 Å². The van der Waals surface area contributed by atoms with E-state index in [9.17, 15) is 0 Å². The summed E-state index contributed by atoms with van der Waals surface area (Å²) < 4.78 is 5.03. The van der Waals surface area contributed by atoms with Crippen molar-refractivity contribution in [2.45, 2.75) is 52.0 Å². The molecule has 0 bridgehead atoms. The highest BCUT2D eigenvalue weighted by atomic mass is 16.5. The first-order valence-corrected chi connectivity index (χ1v) is 5.86. The first kappa shape index (κ1) is 12.0. The SMILES string of the molecule is COCCCNC1CCCC(C)(C)C1. The van der Waals surface area contributed by atoms with Crippen LogP contribution in [0.15, 0.2) is 0 Å². The highest BCUT2D eigenvalue weighted by Crippen LogP contribution is 2.34. The van der Waals surface area contributed by atoms with E-state index in [4.69, 9.17) is 4.74 Å². The van der Waals surface area contributed by atoms with E-state index in [1.807, 2.05) is 0 Å². The molecular weight excluding hydrogens is 174 g/mol. The van der Waals surface area contributed by atoms with Crippen molar-refractivity contribution in [2.24, 2.45) is 5.41 Å². The predicted octanol–water partition coefficient (Wildman–Crippen LogP) is 2.58. The van der Waals surface area contributed by atoms with Crippen LogP contribution in [0.1, 0.15) is 46.0 Å². The van der Waals surface area contributed by atoms with Crippen molar-refractivity contribution < 1.29 is 4.74 Å². The maximum absolute atomic E-state index is 5.03. The molecule has 0 spiro atoms. The van der Waals surface area contributed by atoms with Crippen LogP contribution in [0, 0.1) is 5.41 Å². The second-order valence-corrected chi connectivity index (χ2v) is 5.26. The third kappa shape index (κ3) is 4.43. The number of methoxy groups -OCH3 is 1. The smallest absolute Gasteiger partial charge is 0.0474 e. The van der Waals surface area contributed by atoms with E-state index in [1.165, 1.54) is 25.7 Å². The van der Waals surface area contributed by atoms with Crippen LogP contribution in [-0.4, -0.2) is 26.3 Å². The summed E-state index contributed by atoms with van der Waals surface area (Å²) in [4.78, 5) is 0. The summed E-state index contributed by atoms with van der Waals surface area (Å²) in [5.41, 5.74) is 0.553. The Labute approximate surface area is 88.4 Å². The summed E-state index contributed by atoms with van der Waals surface area (Å²) in [6, 6.07) is 0.746. The van der Waals surface area contributed by atoms with E-state index in [2.05, 4.69) is 19.2 Å². The minimum absolute atomic E-state index is 0.553. The third-order valence-electron chi connectivity index (χ3n) is 3.16. The highest BCUT2D eigenvalue weighted by molar-refractivity contribution is 4.83. The molecule has 1 saturated carbocycles. The summed E-state index contributed by atoms with van der Waals surface area (Å²) in [6.07, 6.45) is 6.60. The zero-order valence-electron chi connectivity index (χ0n) is 9.94. The fraction of sp³-hybridized carbons (Fsp3) is 1.00. The minimum Gasteiger partial charge on any atom is -0.385 e. The molecule has 1 unspecified atom stereocenters. The topological polar surface area (TPSA) is 21.3 Å². The molecule has 2 heteroatoms. The van der Waals surface area contributed by atoms with Gasteiger partial charge in [0.05, 0.1) is 0 Å². The molecule has 1 N–H and O–H groups in total. The number of hydrogen-bond acceptors (Lipinski definition) is 2. The van der Waals surface area contributed by atoms with Gasteiger partial charge in [-0.05, 0) is 37.6 Å².